The van der Waals surface area contributed by atoms with Gasteiger partial charge in [-0.2, -0.15) is 0 Å². The van der Waals surface area contributed by atoms with Crippen molar-refractivity contribution in [1.82, 2.24) is 0 Å². The molecule has 6 fully saturated rings. The quantitative estimate of drug-likeness (QED) is 0.156. The monoisotopic (exact) mass is 1000 g/mol. The van der Waals surface area contributed by atoms with Crippen molar-refractivity contribution in [3.63, 3.8) is 0 Å². The van der Waals surface area contributed by atoms with Crippen LogP contribution in [0.4, 0.5) is 22.7 Å². The Morgan fingerprint density at radius 2 is 1.08 bits per heavy atom. The Kier molecular flexibility index (Phi) is 10.0. The van der Waals surface area contributed by atoms with Crippen LogP contribution in [-0.2, 0) is 23.9 Å². The molecule has 2 saturated carbocycles. The van der Waals surface area contributed by atoms with E-state index in [4.69, 9.17) is 0 Å². The van der Waals surface area contributed by atoms with E-state index >= 15 is 0 Å². The molecule has 11 nitrogen and oxygen atoms in total. The maximum absolute atomic E-state index is 11.7. The number of aliphatic hydroxyl groups excluding tert-OH is 1. The van der Waals surface area contributed by atoms with E-state index in [1.54, 1.807) is 35.4 Å². The fraction of sp³-hybridized carbons (Fsp3) is 0.462. The van der Waals surface area contributed by atoms with Gasteiger partial charge in [0.15, 0.2) is 0 Å². The van der Waals surface area contributed by atoms with Gasteiger partial charge in [-0.05, 0) is 83.3 Å². The van der Waals surface area contributed by atoms with Crippen molar-refractivity contribution in [2.24, 2.45) is 23.7 Å². The highest BCUT2D eigenvalue weighted by molar-refractivity contribution is 5.76. The fourth-order valence-electron chi connectivity index (χ4n) is 17.0. The summed E-state index contributed by atoms with van der Waals surface area (Å²) in [6, 6.07) is 34.7. The van der Waals surface area contributed by atoms with Gasteiger partial charge in [0, 0.05) is 103 Å². The van der Waals surface area contributed by atoms with Crippen LogP contribution >= 0.6 is 0 Å². The molecule has 12 atom stereocenters. The molecule has 13 rings (SSSR count). The summed E-state index contributed by atoms with van der Waals surface area (Å²) in [6.45, 7) is 8.58. The summed E-state index contributed by atoms with van der Waals surface area (Å²) in [4.78, 5) is 28.3. The first-order valence-corrected chi connectivity index (χ1v) is 23.6. The van der Waals surface area contributed by atoms with E-state index < -0.39 is 0 Å². The minimum atomic E-state index is -0.302. The van der Waals surface area contributed by atoms with Crippen molar-refractivity contribution in [2.75, 3.05) is 42.6 Å². The van der Waals surface area contributed by atoms with E-state index in [9.17, 15) is 25.3 Å². The maximum atomic E-state index is 11.7. The van der Waals surface area contributed by atoms with Gasteiger partial charge in [0.05, 0.1) is 58.9 Å². The summed E-state index contributed by atoms with van der Waals surface area (Å²) < 4.78 is 2.02. The molecule has 0 aromatic heterocycles. The van der Waals surface area contributed by atoms with Gasteiger partial charge < -0.3 is 57.8 Å². The molecule has 4 aromatic carbocycles. The van der Waals surface area contributed by atoms with Crippen LogP contribution in [0.1, 0.15) is 67.7 Å². The number of rotatable bonds is 9. The molecule has 4 saturated heterocycles. The lowest BCUT2D eigenvalue weighted by molar-refractivity contribution is -0.964. The molecule has 7 heterocycles. The third-order valence-corrected chi connectivity index (χ3v) is 19.0. The smallest absolute Gasteiger partial charge is 0.269 e. The van der Waals surface area contributed by atoms with Gasteiger partial charge in [0.2, 0.25) is 0 Å². The number of nitrogens with zero attached hydrogens (tertiary/aromatic N) is 6. The molecule has 0 amide bonds. The Morgan fingerprint density at radius 1 is 0.646 bits per heavy atom. The second-order valence-corrected chi connectivity index (χ2v) is 21.1. The lowest BCUT2D eigenvalue weighted by Crippen LogP contribution is -3.00. The Hall–Kier alpha value is -4.40. The molecular formula is C52H56Br2N6O5. The Labute approximate surface area is 401 Å². The highest BCUT2D eigenvalue weighted by atomic mass is 79.9. The second-order valence-electron chi connectivity index (χ2n) is 21.1. The molecule has 9 aliphatic rings. The van der Waals surface area contributed by atoms with Crippen LogP contribution in [0.5, 0.6) is 0 Å². The highest BCUT2D eigenvalue weighted by Crippen LogP contribution is 2.70. The number of quaternary nitrogens is 2. The van der Waals surface area contributed by atoms with Crippen LogP contribution in [0.15, 0.2) is 121 Å². The standard InChI is InChI=1S/C52H56N6O5.2BrH/c1-2-35-31-57(29-33-11-15-37(16-12-33)55(60)61)22-20-51-43-7-3-6-10-46(43)54-28-42-40-26-48-52(21-23-58(48,32-36(40)19-24-59)30-34-13-17-38(18-14-34)56(62)63)44-8-4-5-9-45(44)53(50(42)52)27-41(49(51)54)39(35)25-47(51)57;;/h3-18,27-28,35-36,39-40,47-50,59H,2,19-26,29-32H2,1H3;2*1H/q+2;;/p-2/b41-27-,42-28-;;/t35-,36-,39+,40+,47+,48+,49+,50+,51-,52-,57?,58?;;/m1../s1. The van der Waals surface area contributed by atoms with Gasteiger partial charge in [0.1, 0.15) is 25.2 Å². The first-order chi connectivity index (χ1) is 30.6. The third-order valence-electron chi connectivity index (χ3n) is 19.0. The summed E-state index contributed by atoms with van der Waals surface area (Å²) >= 11 is 0. The number of benzene rings is 4. The Bertz CT molecular complexity index is 2680. The molecule has 2 spiro atoms. The molecule has 2 aliphatic carbocycles. The first kappa shape index (κ1) is 43.2. The summed E-state index contributed by atoms with van der Waals surface area (Å²) in [5.74, 6) is 1.59. The molecule has 4 aromatic rings. The van der Waals surface area contributed by atoms with Gasteiger partial charge in [0.25, 0.3) is 11.4 Å². The summed E-state index contributed by atoms with van der Waals surface area (Å²) in [5, 5.41) is 34.1. The van der Waals surface area contributed by atoms with Crippen LogP contribution in [0.25, 0.3) is 0 Å². The van der Waals surface area contributed by atoms with Crippen molar-refractivity contribution >= 4 is 22.7 Å². The Balaban J connectivity index is 0.00000234. The van der Waals surface area contributed by atoms with E-state index in [-0.39, 0.29) is 84.7 Å². The highest BCUT2D eigenvalue weighted by Gasteiger charge is 2.76. The predicted octanol–water partition coefficient (Wildman–Crippen LogP) is 2.52. The summed E-state index contributed by atoms with van der Waals surface area (Å²) in [5.41, 5.74) is 11.3. The van der Waals surface area contributed by atoms with Gasteiger partial charge in [-0.25, -0.2) is 0 Å². The van der Waals surface area contributed by atoms with E-state index in [0.717, 1.165) is 92.3 Å². The van der Waals surface area contributed by atoms with Crippen LogP contribution in [0.3, 0.4) is 0 Å². The van der Waals surface area contributed by atoms with Crippen LogP contribution in [0, 0.1) is 43.9 Å². The first-order valence-electron chi connectivity index (χ1n) is 23.6. The lowest BCUT2D eigenvalue weighted by atomic mass is 9.54. The number of anilines is 2. The van der Waals surface area contributed by atoms with Crippen LogP contribution in [0.2, 0.25) is 0 Å². The molecule has 13 heteroatoms. The predicted molar refractivity (Wildman–Crippen MR) is 241 cm³/mol. The zero-order chi connectivity index (χ0) is 42.6. The SMILES string of the molecule is CC[C@@H]1C[N+]2(Cc3ccc([N+](=O)[O-])cc3)CC[C@@]34c5ccccc5N5/C=C6/[C@H]7C[C@H]8[C@@]9(CC[N+]8(Cc8ccc([N+](=O)[O-])cc8)C[C@H]7CCO)c7ccccc7N(/C=C(/[C@H]1C[C@@H]32)[C@H]54)[C@@H]69.[Br-].[Br-]. The number of aliphatic hydroxyl groups is 1. The van der Waals surface area contributed by atoms with Crippen molar-refractivity contribution in [2.45, 2.75) is 93.5 Å². The zero-order valence-corrected chi connectivity index (χ0v) is 39.9. The number of para-hydroxylation sites is 2. The molecule has 1 N–H and O–H groups in total. The number of fused-ring (bicyclic) bond motifs is 8. The van der Waals surface area contributed by atoms with Gasteiger partial charge >= 0.3 is 0 Å². The van der Waals surface area contributed by atoms with Crippen molar-refractivity contribution in [3.05, 3.63) is 163 Å². The molecule has 2 unspecified atom stereocenters. The number of hydrogen-bond donors (Lipinski definition) is 1. The van der Waals surface area contributed by atoms with Crippen LogP contribution < -0.4 is 43.8 Å². The number of halogens is 2. The Morgan fingerprint density at radius 3 is 1.51 bits per heavy atom. The summed E-state index contributed by atoms with van der Waals surface area (Å²) in [6.07, 6.45) is 11.7. The molecule has 7 aliphatic heterocycles. The van der Waals surface area contributed by atoms with Crippen molar-refractivity contribution in [3.8, 4) is 0 Å². The van der Waals surface area contributed by atoms with Crippen LogP contribution in [-0.4, -0.2) is 80.9 Å². The number of hydrogen-bond acceptors (Lipinski definition) is 7. The van der Waals surface area contributed by atoms with Crippen molar-refractivity contribution < 1.29 is 57.9 Å². The van der Waals surface area contributed by atoms with Gasteiger partial charge in [-0.1, -0.05) is 43.3 Å². The van der Waals surface area contributed by atoms with E-state index in [1.165, 1.54) is 28.1 Å². The molecular weight excluding hydrogens is 948 g/mol. The number of non-ortho nitro benzene ring substituents is 2. The normalized spacial score (nSPS) is 38.2. The lowest BCUT2D eigenvalue weighted by Gasteiger charge is -2.60. The minimum absolute atomic E-state index is 0. The van der Waals surface area contributed by atoms with E-state index in [2.05, 4.69) is 77.7 Å². The average molecular weight is 1000 g/mol. The molecule has 338 valence electrons. The number of nitro benzene ring substituents is 2. The van der Waals surface area contributed by atoms with E-state index in [0.29, 0.717) is 35.8 Å². The van der Waals surface area contributed by atoms with Gasteiger partial charge in [-0.15, -0.1) is 0 Å². The molecule has 4 bridgehead atoms. The molecule has 0 radical (unpaired) electrons. The number of piperidine rings is 2. The third kappa shape index (κ3) is 5.56. The minimum Gasteiger partial charge on any atom is -1.00 e. The number of nitro groups is 2. The van der Waals surface area contributed by atoms with E-state index in [1.807, 2.05) is 24.3 Å². The molecule has 65 heavy (non-hydrogen) atoms. The maximum Gasteiger partial charge on any atom is 0.269 e. The fourth-order valence-corrected chi connectivity index (χ4v) is 17.0. The van der Waals surface area contributed by atoms with Gasteiger partial charge in [-0.3, -0.25) is 20.2 Å². The zero-order valence-electron chi connectivity index (χ0n) is 36.7. The second kappa shape index (κ2) is 15.1. The van der Waals surface area contributed by atoms with Crippen molar-refractivity contribution in [1.29, 1.82) is 0 Å². The summed E-state index contributed by atoms with van der Waals surface area (Å²) in [7, 11) is 0. The topological polar surface area (TPSA) is 113 Å². The largest absolute Gasteiger partial charge is 1.00 e. The average Bonchev–Trinajstić information content (AvgIpc) is 3.99.